The van der Waals surface area contributed by atoms with Crippen LogP contribution in [0.25, 0.3) is 0 Å². The number of hydrogen-bond donors (Lipinski definition) is 3. The summed E-state index contributed by atoms with van der Waals surface area (Å²) in [6.45, 7) is 0. The second-order valence-electron chi connectivity index (χ2n) is 6.57. The van der Waals surface area contributed by atoms with Crippen LogP contribution in [0.3, 0.4) is 0 Å². The van der Waals surface area contributed by atoms with E-state index in [9.17, 15) is 44.1 Å². The van der Waals surface area contributed by atoms with Gasteiger partial charge < -0.3 is 0 Å². The van der Waals surface area contributed by atoms with Crippen LogP contribution in [0, 0.1) is 0 Å². The standard InChI is InChI=1S/3C4H6O5.2CH3.2Sn/c3*5-2(4(8)9)1-3(6)7;;;;/h3*2,5H,1H2,(H,6,7)(H,8,9);2*1H3;;/q;;;;;2*+3/p-6. The summed E-state index contributed by atoms with van der Waals surface area (Å²) in [5, 5.41) is 28.7. The fourth-order valence-electron chi connectivity index (χ4n) is 2.35. The van der Waals surface area contributed by atoms with Crippen LogP contribution in [0.5, 0.6) is 0 Å². The summed E-state index contributed by atoms with van der Waals surface area (Å²) in [6.07, 6.45) is -8.23. The van der Waals surface area contributed by atoms with Crippen LogP contribution < -0.4 is 0 Å². The van der Waals surface area contributed by atoms with E-state index < -0.39 is 113 Å². The predicted octanol–water partition coefficient (Wildman–Crippen LogP) is -3.34. The van der Waals surface area contributed by atoms with Gasteiger partial charge in [0.1, 0.15) is 0 Å². The quantitative estimate of drug-likeness (QED) is 0.245. The zero-order chi connectivity index (χ0) is 23.6. The molecule has 17 heteroatoms. The molecule has 0 aliphatic carbocycles. The summed E-state index contributed by atoms with van der Waals surface area (Å²) >= 11 is -10.2. The molecule has 5 atom stereocenters. The van der Waals surface area contributed by atoms with Crippen molar-refractivity contribution < 1.29 is 62.5 Å². The Kier molecular flexibility index (Phi) is 8.11. The molecule has 3 N–H and O–H groups in total. The van der Waals surface area contributed by atoms with Gasteiger partial charge in [-0.15, -0.1) is 0 Å². The molecule has 0 aromatic heterocycles. The van der Waals surface area contributed by atoms with E-state index in [4.69, 9.17) is 18.4 Å². The van der Waals surface area contributed by atoms with Gasteiger partial charge in [-0.1, -0.05) is 0 Å². The second kappa shape index (κ2) is 9.84. The van der Waals surface area contributed by atoms with Gasteiger partial charge in [-0.3, -0.25) is 0 Å². The van der Waals surface area contributed by atoms with Crippen molar-refractivity contribution in [2.24, 2.45) is 0 Å². The van der Waals surface area contributed by atoms with E-state index >= 15 is 0 Å². The molecule has 0 aromatic rings. The third kappa shape index (κ3) is 7.16. The van der Waals surface area contributed by atoms with Crippen LogP contribution in [0.1, 0.15) is 19.3 Å². The van der Waals surface area contributed by atoms with Gasteiger partial charge in [0, 0.05) is 0 Å². The Balaban J connectivity index is 1.98. The minimum atomic E-state index is -5.15. The molecule has 2 heterocycles. The van der Waals surface area contributed by atoms with Gasteiger partial charge in [0.05, 0.1) is 0 Å². The van der Waals surface area contributed by atoms with Gasteiger partial charge in [0.25, 0.3) is 0 Å². The van der Waals surface area contributed by atoms with Gasteiger partial charge >= 0.3 is 185 Å². The zero-order valence-electron chi connectivity index (χ0n) is 16.1. The van der Waals surface area contributed by atoms with Gasteiger partial charge in [-0.05, 0) is 0 Å². The van der Waals surface area contributed by atoms with Crippen molar-refractivity contribution in [2.75, 3.05) is 0 Å². The van der Waals surface area contributed by atoms with E-state index in [-0.39, 0.29) is 0 Å². The summed E-state index contributed by atoms with van der Waals surface area (Å²) in [6, 6.07) is 0. The van der Waals surface area contributed by atoms with Gasteiger partial charge in [-0.25, -0.2) is 0 Å². The SMILES string of the molecule is [CH3][Sn]1([O]C(=O)CC(O)C(=O)[O][Sn]2([CH3])[O]C(=O)CC(O)C(=O)[O]2)[O]C(=O)CC(O)C(=O)[O]1. The van der Waals surface area contributed by atoms with Crippen LogP contribution in [-0.4, -0.2) is 109 Å². The van der Waals surface area contributed by atoms with E-state index in [0.717, 1.165) is 9.88 Å². The van der Waals surface area contributed by atoms with Gasteiger partial charge in [0.15, 0.2) is 0 Å². The summed E-state index contributed by atoms with van der Waals surface area (Å²) in [5.41, 5.74) is 0. The number of aliphatic hydroxyl groups is 3. The zero-order valence-corrected chi connectivity index (χ0v) is 21.8. The first-order valence-corrected chi connectivity index (χ1v) is 21.3. The van der Waals surface area contributed by atoms with Crippen LogP contribution in [-0.2, 0) is 47.2 Å². The molecule has 0 spiro atoms. The summed E-state index contributed by atoms with van der Waals surface area (Å²) < 4.78 is 28.9. The van der Waals surface area contributed by atoms with Crippen LogP contribution >= 0.6 is 0 Å². The molecular weight excluding hydrogens is 646 g/mol. The molecule has 0 radical (unpaired) electrons. The Hall–Kier alpha value is -1.70. The molecule has 2 aliphatic rings. The molecule has 15 nitrogen and oxygen atoms in total. The van der Waals surface area contributed by atoms with Crippen molar-refractivity contribution in [1.29, 1.82) is 0 Å². The van der Waals surface area contributed by atoms with E-state index in [1.54, 1.807) is 0 Å². The number of hydrogen-bond acceptors (Lipinski definition) is 15. The Bertz CT molecular complexity index is 814. The van der Waals surface area contributed by atoms with Crippen molar-refractivity contribution in [3.63, 3.8) is 0 Å². The molecule has 172 valence electrons. The molecule has 2 aliphatic heterocycles. The Morgan fingerprint density at radius 2 is 1.32 bits per heavy atom. The molecule has 0 bridgehead atoms. The summed E-state index contributed by atoms with van der Waals surface area (Å²) in [5.74, 6) is -7.35. The van der Waals surface area contributed by atoms with E-state index in [1.165, 1.54) is 0 Å². The number of carbonyl (C=O) groups excluding carboxylic acids is 6. The predicted molar refractivity (Wildman–Crippen MR) is 91.7 cm³/mol. The first-order chi connectivity index (χ1) is 14.2. The molecule has 31 heavy (non-hydrogen) atoms. The van der Waals surface area contributed by atoms with Crippen LogP contribution in [0.2, 0.25) is 9.88 Å². The van der Waals surface area contributed by atoms with E-state index in [1.807, 2.05) is 0 Å². The van der Waals surface area contributed by atoms with Crippen LogP contribution in [0.4, 0.5) is 0 Å². The maximum atomic E-state index is 12.1. The maximum absolute atomic E-state index is 12.1. The van der Waals surface area contributed by atoms with Crippen molar-refractivity contribution in [3.8, 4) is 0 Å². The fourth-order valence-corrected chi connectivity index (χ4v) is 11.6. The van der Waals surface area contributed by atoms with Crippen molar-refractivity contribution in [1.82, 2.24) is 0 Å². The minimum absolute atomic E-state index is 0.699. The third-order valence-electron chi connectivity index (χ3n) is 3.65. The third-order valence-corrected chi connectivity index (χ3v) is 13.7. The number of carbonyl (C=O) groups is 6. The topological polar surface area (TPSA) is 218 Å². The van der Waals surface area contributed by atoms with E-state index in [0.29, 0.717) is 0 Å². The molecule has 0 amide bonds. The van der Waals surface area contributed by atoms with Crippen molar-refractivity contribution in [2.45, 2.75) is 47.5 Å². The fraction of sp³-hybridized carbons (Fsp3) is 0.571. The molecular formula is C14H18O15Sn2. The number of rotatable bonds is 5. The molecule has 0 saturated carbocycles. The number of aliphatic hydroxyl groups excluding tert-OH is 3. The Labute approximate surface area is 184 Å². The summed E-state index contributed by atoms with van der Waals surface area (Å²) in [4.78, 5) is 72.5. The Morgan fingerprint density at radius 3 is 1.77 bits per heavy atom. The first kappa shape index (κ1) is 25.6. The van der Waals surface area contributed by atoms with Crippen molar-refractivity contribution in [3.05, 3.63) is 0 Å². The second-order valence-corrected chi connectivity index (χ2v) is 19.9. The molecule has 0 aromatic carbocycles. The Morgan fingerprint density at radius 1 is 0.903 bits per heavy atom. The van der Waals surface area contributed by atoms with Gasteiger partial charge in [0.2, 0.25) is 0 Å². The van der Waals surface area contributed by atoms with Crippen molar-refractivity contribution >= 4 is 75.1 Å². The molecule has 5 unspecified atom stereocenters. The van der Waals surface area contributed by atoms with E-state index in [2.05, 4.69) is 0 Å². The first-order valence-electron chi connectivity index (χ1n) is 8.60. The normalized spacial score (nSPS) is 32.3. The monoisotopic (exact) mass is 666 g/mol. The summed E-state index contributed by atoms with van der Waals surface area (Å²) in [7, 11) is 0. The molecule has 2 fully saturated rings. The van der Waals surface area contributed by atoms with Crippen LogP contribution in [0.15, 0.2) is 0 Å². The molecule has 2 saturated heterocycles. The average Bonchev–Trinajstić information content (AvgIpc) is 2.74. The van der Waals surface area contributed by atoms with Gasteiger partial charge in [-0.2, -0.15) is 0 Å². The average molecular weight is 664 g/mol. The molecule has 2 rings (SSSR count).